The molecule has 0 bridgehead atoms. The van der Waals surface area contributed by atoms with Gasteiger partial charge in [-0.1, -0.05) is 36.4 Å². The third kappa shape index (κ3) is 3.93. The molecule has 5 nitrogen and oxygen atoms in total. The molecule has 1 amide bonds. The molecule has 1 fully saturated rings. The van der Waals surface area contributed by atoms with Crippen molar-refractivity contribution in [1.82, 2.24) is 5.32 Å². The Bertz CT molecular complexity index is 729. The number of hydrogen-bond donors (Lipinski definition) is 2. The molecule has 124 valence electrons. The Morgan fingerprint density at radius 3 is 2.67 bits per heavy atom. The summed E-state index contributed by atoms with van der Waals surface area (Å²) in [6, 6.07) is 16.4. The number of benzene rings is 2. The molecule has 3 rings (SSSR count). The molecule has 0 heterocycles. The molecule has 1 aliphatic rings. The maximum atomic E-state index is 12.1. The van der Waals surface area contributed by atoms with Gasteiger partial charge in [0.2, 0.25) is 5.91 Å². The first kappa shape index (κ1) is 16.1. The van der Waals surface area contributed by atoms with Crippen molar-refractivity contribution in [2.75, 3.05) is 13.2 Å². The summed E-state index contributed by atoms with van der Waals surface area (Å²) in [6.45, 7) is 0.700. The number of carboxylic acid groups (broad SMARTS) is 1. The van der Waals surface area contributed by atoms with Gasteiger partial charge in [0.15, 0.2) is 0 Å². The predicted molar refractivity (Wildman–Crippen MR) is 89.2 cm³/mol. The van der Waals surface area contributed by atoms with E-state index in [1.165, 1.54) is 17.7 Å². The molecule has 1 saturated carbocycles. The van der Waals surface area contributed by atoms with Crippen LogP contribution in [0, 0.1) is 5.92 Å². The van der Waals surface area contributed by atoms with Gasteiger partial charge in [0.1, 0.15) is 12.4 Å². The van der Waals surface area contributed by atoms with Crippen LogP contribution >= 0.6 is 0 Å². The summed E-state index contributed by atoms with van der Waals surface area (Å²) in [5, 5.41) is 11.8. The Morgan fingerprint density at radius 1 is 1.12 bits per heavy atom. The third-order valence-corrected chi connectivity index (χ3v) is 4.11. The zero-order valence-electron chi connectivity index (χ0n) is 13.1. The molecule has 0 spiro atoms. The number of carbonyl (C=O) groups excluding carboxylic acids is 1. The second kappa shape index (κ2) is 7.17. The third-order valence-electron chi connectivity index (χ3n) is 4.11. The molecule has 0 saturated heterocycles. The number of carbonyl (C=O) groups is 2. The quantitative estimate of drug-likeness (QED) is 0.768. The minimum absolute atomic E-state index is 0.0442. The highest BCUT2D eigenvalue weighted by Crippen LogP contribution is 2.47. The number of amides is 1. The maximum absolute atomic E-state index is 12.1. The van der Waals surface area contributed by atoms with Crippen molar-refractivity contribution < 1.29 is 19.4 Å². The van der Waals surface area contributed by atoms with E-state index >= 15 is 0 Å². The Hall–Kier alpha value is -2.82. The summed E-state index contributed by atoms with van der Waals surface area (Å²) in [5.41, 5.74) is 1.39. The summed E-state index contributed by atoms with van der Waals surface area (Å²) in [6.07, 6.45) is 0.886. The molecule has 24 heavy (non-hydrogen) atoms. The van der Waals surface area contributed by atoms with Crippen LogP contribution in [0.15, 0.2) is 54.6 Å². The lowest BCUT2D eigenvalue weighted by Crippen LogP contribution is -2.29. The first-order valence-corrected chi connectivity index (χ1v) is 7.94. The van der Waals surface area contributed by atoms with Gasteiger partial charge in [0.05, 0.1) is 12.1 Å². The van der Waals surface area contributed by atoms with Gasteiger partial charge < -0.3 is 15.2 Å². The molecule has 0 aromatic heterocycles. The lowest BCUT2D eigenvalue weighted by atomic mass is 10.1. The van der Waals surface area contributed by atoms with Crippen LogP contribution in [-0.2, 0) is 4.79 Å². The van der Waals surface area contributed by atoms with Gasteiger partial charge in [-0.25, -0.2) is 4.79 Å². The van der Waals surface area contributed by atoms with Crippen molar-refractivity contribution in [3.8, 4) is 5.75 Å². The fourth-order valence-electron chi connectivity index (χ4n) is 2.75. The molecule has 0 aliphatic heterocycles. The fourth-order valence-corrected chi connectivity index (χ4v) is 2.75. The van der Waals surface area contributed by atoms with Gasteiger partial charge in [-0.2, -0.15) is 0 Å². The lowest BCUT2D eigenvalue weighted by Gasteiger charge is -2.08. The van der Waals surface area contributed by atoms with Crippen molar-refractivity contribution in [2.45, 2.75) is 12.3 Å². The summed E-state index contributed by atoms with van der Waals surface area (Å²) in [7, 11) is 0. The summed E-state index contributed by atoms with van der Waals surface area (Å²) in [4.78, 5) is 23.0. The van der Waals surface area contributed by atoms with Crippen LogP contribution in [-0.4, -0.2) is 30.1 Å². The van der Waals surface area contributed by atoms with Crippen LogP contribution in [0.2, 0.25) is 0 Å². The van der Waals surface area contributed by atoms with E-state index in [2.05, 4.69) is 17.4 Å². The van der Waals surface area contributed by atoms with Crippen molar-refractivity contribution in [2.24, 2.45) is 5.92 Å². The van der Waals surface area contributed by atoms with Crippen LogP contribution in [0.5, 0.6) is 5.75 Å². The second-order valence-corrected chi connectivity index (χ2v) is 5.83. The molecule has 0 radical (unpaired) electrons. The van der Waals surface area contributed by atoms with Gasteiger partial charge in [-0.05, 0) is 36.1 Å². The fraction of sp³-hybridized carbons (Fsp3) is 0.263. The normalized spacial score (nSPS) is 18.7. The van der Waals surface area contributed by atoms with E-state index in [9.17, 15) is 9.59 Å². The van der Waals surface area contributed by atoms with Gasteiger partial charge in [-0.3, -0.25) is 4.79 Å². The van der Waals surface area contributed by atoms with Gasteiger partial charge in [0, 0.05) is 5.92 Å². The standard InChI is InChI=1S/C19H19NO4/c21-18(17-12-16(17)13-5-2-1-3-6-13)20-9-10-24-15-8-4-7-14(11-15)19(22)23/h1-8,11,16-17H,9-10,12H2,(H,20,21)(H,22,23)/t16-,17+/m0/s1. The van der Waals surface area contributed by atoms with Gasteiger partial charge >= 0.3 is 5.97 Å². The monoisotopic (exact) mass is 325 g/mol. The molecule has 2 N–H and O–H groups in total. The van der Waals surface area contributed by atoms with Crippen LogP contribution in [0.4, 0.5) is 0 Å². The number of aromatic carboxylic acids is 1. The van der Waals surface area contributed by atoms with Crippen LogP contribution in [0.1, 0.15) is 28.3 Å². The second-order valence-electron chi connectivity index (χ2n) is 5.83. The highest BCUT2D eigenvalue weighted by Gasteiger charge is 2.43. The molecule has 1 aliphatic carbocycles. The zero-order chi connectivity index (χ0) is 16.9. The van der Waals surface area contributed by atoms with Crippen molar-refractivity contribution >= 4 is 11.9 Å². The molecule has 2 atom stereocenters. The SMILES string of the molecule is O=C(O)c1cccc(OCCNC(=O)[C@@H]2C[C@H]2c2ccccc2)c1. The first-order chi connectivity index (χ1) is 11.6. The summed E-state index contributed by atoms with van der Waals surface area (Å²) < 4.78 is 5.48. The first-order valence-electron chi connectivity index (χ1n) is 7.94. The number of rotatable bonds is 7. The smallest absolute Gasteiger partial charge is 0.335 e. The largest absolute Gasteiger partial charge is 0.492 e. The Kier molecular flexibility index (Phi) is 4.79. The average molecular weight is 325 g/mol. The van der Waals surface area contributed by atoms with Gasteiger partial charge in [0.25, 0.3) is 0 Å². The number of hydrogen-bond acceptors (Lipinski definition) is 3. The van der Waals surface area contributed by atoms with Crippen molar-refractivity contribution in [1.29, 1.82) is 0 Å². The van der Waals surface area contributed by atoms with E-state index in [0.717, 1.165) is 6.42 Å². The number of nitrogens with one attached hydrogen (secondary N) is 1. The molecule has 0 unspecified atom stereocenters. The topological polar surface area (TPSA) is 75.6 Å². The van der Waals surface area contributed by atoms with E-state index in [4.69, 9.17) is 9.84 Å². The van der Waals surface area contributed by atoms with Crippen molar-refractivity contribution in [3.63, 3.8) is 0 Å². The van der Waals surface area contributed by atoms with Crippen molar-refractivity contribution in [3.05, 3.63) is 65.7 Å². The van der Waals surface area contributed by atoms with E-state index in [1.807, 2.05) is 18.2 Å². The summed E-state index contributed by atoms with van der Waals surface area (Å²) in [5.74, 6) is -0.0963. The van der Waals surface area contributed by atoms with E-state index < -0.39 is 5.97 Å². The molecular weight excluding hydrogens is 306 g/mol. The Labute approximate surface area is 140 Å². The lowest BCUT2D eigenvalue weighted by molar-refractivity contribution is -0.122. The number of ether oxygens (including phenoxy) is 1. The van der Waals surface area contributed by atoms with Crippen LogP contribution in [0.3, 0.4) is 0 Å². The van der Waals surface area contributed by atoms with Crippen LogP contribution in [0.25, 0.3) is 0 Å². The average Bonchev–Trinajstić information content (AvgIpc) is 3.40. The predicted octanol–water partition coefficient (Wildman–Crippen LogP) is 2.68. The van der Waals surface area contributed by atoms with E-state index in [0.29, 0.717) is 24.8 Å². The highest BCUT2D eigenvalue weighted by atomic mass is 16.5. The van der Waals surface area contributed by atoms with Gasteiger partial charge in [-0.15, -0.1) is 0 Å². The Morgan fingerprint density at radius 2 is 1.92 bits per heavy atom. The molecule has 2 aromatic rings. The molecular formula is C19H19NO4. The molecule has 5 heteroatoms. The zero-order valence-corrected chi connectivity index (χ0v) is 13.1. The minimum atomic E-state index is -0.991. The van der Waals surface area contributed by atoms with E-state index in [1.54, 1.807) is 12.1 Å². The van der Waals surface area contributed by atoms with Crippen LogP contribution < -0.4 is 10.1 Å². The number of carboxylic acids is 1. The van der Waals surface area contributed by atoms with E-state index in [-0.39, 0.29) is 17.4 Å². The maximum Gasteiger partial charge on any atom is 0.335 e. The summed E-state index contributed by atoms with van der Waals surface area (Å²) >= 11 is 0. The minimum Gasteiger partial charge on any atom is -0.492 e. The molecule has 2 aromatic carbocycles. The highest BCUT2D eigenvalue weighted by molar-refractivity contribution is 5.88. The Balaban J connectivity index is 1.40.